The lowest BCUT2D eigenvalue weighted by Gasteiger charge is -2.11. The average molecular weight is 287 g/mol. The van der Waals surface area contributed by atoms with Gasteiger partial charge in [0.25, 0.3) is 0 Å². The molecule has 0 fully saturated rings. The number of aryl methyl sites for hydroxylation is 1. The molecule has 1 aromatic carbocycles. The van der Waals surface area contributed by atoms with Crippen molar-refractivity contribution in [3.63, 3.8) is 0 Å². The maximum Gasteiger partial charge on any atom is 0.340 e. The Balaban J connectivity index is 0.00000324. The molecule has 6 heteroatoms. The molecular formula is C13H19ClN2O3. The Morgan fingerprint density at radius 2 is 2.00 bits per heavy atom. The van der Waals surface area contributed by atoms with E-state index in [1.54, 1.807) is 32.2 Å². The van der Waals surface area contributed by atoms with Crippen molar-refractivity contribution in [2.24, 2.45) is 0 Å². The van der Waals surface area contributed by atoms with Crippen molar-refractivity contribution in [2.45, 2.75) is 13.3 Å². The van der Waals surface area contributed by atoms with Crippen LogP contribution in [0, 0.1) is 6.92 Å². The van der Waals surface area contributed by atoms with Crippen LogP contribution in [0.3, 0.4) is 0 Å². The van der Waals surface area contributed by atoms with Gasteiger partial charge in [-0.2, -0.15) is 0 Å². The molecule has 0 radical (unpaired) electrons. The maximum atomic E-state index is 11.7. The van der Waals surface area contributed by atoms with Crippen molar-refractivity contribution in [3.8, 4) is 0 Å². The van der Waals surface area contributed by atoms with Crippen LogP contribution >= 0.6 is 12.4 Å². The summed E-state index contributed by atoms with van der Waals surface area (Å²) in [7, 11) is 3.10. The zero-order chi connectivity index (χ0) is 13.5. The van der Waals surface area contributed by atoms with Gasteiger partial charge in [-0.1, -0.05) is 12.1 Å². The third kappa shape index (κ3) is 4.89. The number of rotatable bonds is 5. The van der Waals surface area contributed by atoms with Gasteiger partial charge in [0.05, 0.1) is 18.4 Å². The molecule has 1 aromatic rings. The minimum Gasteiger partial charge on any atom is -0.465 e. The summed E-state index contributed by atoms with van der Waals surface area (Å²) >= 11 is 0. The SMILES string of the molecule is CNCCC(=O)Nc1cccc(C)c1C(=O)OC.Cl. The topological polar surface area (TPSA) is 67.4 Å². The molecule has 0 aliphatic rings. The summed E-state index contributed by atoms with van der Waals surface area (Å²) in [5.41, 5.74) is 1.66. The van der Waals surface area contributed by atoms with Gasteiger partial charge in [0.2, 0.25) is 5.91 Å². The molecule has 1 amide bonds. The minimum atomic E-state index is -0.447. The lowest BCUT2D eigenvalue weighted by atomic mass is 10.1. The fraction of sp³-hybridized carbons (Fsp3) is 0.385. The number of hydrogen-bond acceptors (Lipinski definition) is 4. The molecule has 5 nitrogen and oxygen atoms in total. The molecule has 0 saturated carbocycles. The molecule has 2 N–H and O–H groups in total. The number of benzene rings is 1. The second-order valence-electron chi connectivity index (χ2n) is 3.89. The highest BCUT2D eigenvalue weighted by atomic mass is 35.5. The van der Waals surface area contributed by atoms with Crippen LogP contribution in [0.4, 0.5) is 5.69 Å². The molecule has 0 bridgehead atoms. The first-order valence-corrected chi connectivity index (χ1v) is 5.72. The van der Waals surface area contributed by atoms with E-state index in [1.165, 1.54) is 7.11 Å². The predicted octanol–water partition coefficient (Wildman–Crippen LogP) is 1.75. The van der Waals surface area contributed by atoms with Gasteiger partial charge >= 0.3 is 5.97 Å². The van der Waals surface area contributed by atoms with Gasteiger partial charge in [0, 0.05) is 13.0 Å². The Bertz CT molecular complexity index is 450. The monoisotopic (exact) mass is 286 g/mol. The van der Waals surface area contributed by atoms with Crippen LogP contribution in [0.1, 0.15) is 22.3 Å². The third-order valence-electron chi connectivity index (χ3n) is 2.54. The molecule has 0 unspecified atom stereocenters. The number of amides is 1. The number of carbonyl (C=O) groups is 2. The molecule has 0 spiro atoms. The fourth-order valence-electron chi connectivity index (χ4n) is 1.60. The van der Waals surface area contributed by atoms with Crippen molar-refractivity contribution in [3.05, 3.63) is 29.3 Å². The first-order valence-electron chi connectivity index (χ1n) is 5.72. The molecule has 0 saturated heterocycles. The molecule has 0 aliphatic carbocycles. The molecular weight excluding hydrogens is 268 g/mol. The highest BCUT2D eigenvalue weighted by Crippen LogP contribution is 2.20. The van der Waals surface area contributed by atoms with E-state index in [1.807, 2.05) is 0 Å². The van der Waals surface area contributed by atoms with Gasteiger partial charge in [0.15, 0.2) is 0 Å². The van der Waals surface area contributed by atoms with E-state index in [2.05, 4.69) is 10.6 Å². The Morgan fingerprint density at radius 3 is 2.58 bits per heavy atom. The minimum absolute atomic E-state index is 0. The summed E-state index contributed by atoms with van der Waals surface area (Å²) in [5.74, 6) is -0.586. The van der Waals surface area contributed by atoms with Gasteiger partial charge in [-0.15, -0.1) is 12.4 Å². The van der Waals surface area contributed by atoms with E-state index in [0.29, 0.717) is 24.2 Å². The van der Waals surface area contributed by atoms with Crippen LogP contribution < -0.4 is 10.6 Å². The summed E-state index contributed by atoms with van der Waals surface area (Å²) in [5, 5.41) is 5.61. The van der Waals surface area contributed by atoms with Crippen molar-refractivity contribution >= 4 is 30.0 Å². The summed E-state index contributed by atoms with van der Waals surface area (Å²) in [4.78, 5) is 23.3. The zero-order valence-electron chi connectivity index (χ0n) is 11.3. The van der Waals surface area contributed by atoms with Crippen LogP contribution in [0.15, 0.2) is 18.2 Å². The van der Waals surface area contributed by atoms with Crippen LogP contribution in [0.25, 0.3) is 0 Å². The lowest BCUT2D eigenvalue weighted by molar-refractivity contribution is -0.116. The first-order chi connectivity index (χ1) is 8.60. The number of hydrogen-bond donors (Lipinski definition) is 2. The smallest absolute Gasteiger partial charge is 0.340 e. The zero-order valence-corrected chi connectivity index (χ0v) is 12.1. The fourth-order valence-corrected chi connectivity index (χ4v) is 1.60. The van der Waals surface area contributed by atoms with Gasteiger partial charge < -0.3 is 15.4 Å². The molecule has 106 valence electrons. The second kappa shape index (κ2) is 8.50. The summed E-state index contributed by atoms with van der Waals surface area (Å²) < 4.78 is 4.72. The van der Waals surface area contributed by atoms with E-state index in [4.69, 9.17) is 4.74 Å². The highest BCUT2D eigenvalue weighted by Gasteiger charge is 2.15. The van der Waals surface area contributed by atoms with Gasteiger partial charge in [-0.3, -0.25) is 4.79 Å². The summed E-state index contributed by atoms with van der Waals surface area (Å²) in [6, 6.07) is 5.28. The van der Waals surface area contributed by atoms with E-state index in [-0.39, 0.29) is 18.3 Å². The van der Waals surface area contributed by atoms with Crippen molar-refractivity contribution in [1.29, 1.82) is 0 Å². The number of anilines is 1. The van der Waals surface area contributed by atoms with E-state index >= 15 is 0 Å². The predicted molar refractivity (Wildman–Crippen MR) is 76.9 cm³/mol. The third-order valence-corrected chi connectivity index (χ3v) is 2.54. The van der Waals surface area contributed by atoms with Crippen LogP contribution in [-0.4, -0.2) is 32.6 Å². The Labute approximate surface area is 119 Å². The highest BCUT2D eigenvalue weighted by molar-refractivity contribution is 6.02. The maximum absolute atomic E-state index is 11.7. The van der Waals surface area contributed by atoms with E-state index < -0.39 is 5.97 Å². The van der Waals surface area contributed by atoms with Crippen LogP contribution in [0.2, 0.25) is 0 Å². The number of nitrogens with one attached hydrogen (secondary N) is 2. The van der Waals surface area contributed by atoms with Crippen molar-refractivity contribution in [2.75, 3.05) is 26.0 Å². The molecule has 19 heavy (non-hydrogen) atoms. The number of ether oxygens (including phenoxy) is 1. The average Bonchev–Trinajstić information content (AvgIpc) is 2.35. The standard InChI is InChI=1S/C13H18N2O3.ClH/c1-9-5-4-6-10(12(9)13(17)18-3)15-11(16)7-8-14-2;/h4-6,14H,7-8H2,1-3H3,(H,15,16);1H. The van der Waals surface area contributed by atoms with Gasteiger partial charge in [-0.05, 0) is 25.6 Å². The molecule has 0 atom stereocenters. The largest absolute Gasteiger partial charge is 0.465 e. The summed E-state index contributed by atoms with van der Waals surface area (Å²) in [6.07, 6.45) is 0.352. The number of halogens is 1. The van der Waals surface area contributed by atoms with Crippen LogP contribution in [0.5, 0.6) is 0 Å². The van der Waals surface area contributed by atoms with Gasteiger partial charge in [0.1, 0.15) is 0 Å². The van der Waals surface area contributed by atoms with Crippen molar-refractivity contribution in [1.82, 2.24) is 5.32 Å². The Kier molecular flexibility index (Phi) is 7.79. The van der Waals surface area contributed by atoms with Crippen LogP contribution in [-0.2, 0) is 9.53 Å². The lowest BCUT2D eigenvalue weighted by Crippen LogP contribution is -2.20. The first kappa shape index (κ1) is 17.4. The molecule has 0 aliphatic heterocycles. The van der Waals surface area contributed by atoms with E-state index in [9.17, 15) is 9.59 Å². The Morgan fingerprint density at radius 1 is 1.32 bits per heavy atom. The quantitative estimate of drug-likeness (QED) is 0.809. The number of methoxy groups -OCH3 is 1. The normalized spacial score (nSPS) is 9.42. The van der Waals surface area contributed by atoms with Gasteiger partial charge in [-0.25, -0.2) is 4.79 Å². The van der Waals surface area contributed by atoms with E-state index in [0.717, 1.165) is 5.56 Å². The van der Waals surface area contributed by atoms with Crippen molar-refractivity contribution < 1.29 is 14.3 Å². The molecule has 1 rings (SSSR count). The second-order valence-corrected chi connectivity index (χ2v) is 3.89. The Hall–Kier alpha value is -1.59. The number of carbonyl (C=O) groups excluding carboxylic acids is 2. The molecule has 0 aromatic heterocycles. The summed E-state index contributed by atoms with van der Waals surface area (Å²) in [6.45, 7) is 2.39. The molecule has 0 heterocycles. The number of esters is 1.